The van der Waals surface area contributed by atoms with Gasteiger partial charge in [0.15, 0.2) is 12.2 Å². The molecule has 3 heterocycles. The van der Waals surface area contributed by atoms with E-state index in [2.05, 4.69) is 0 Å². The Hall–Kier alpha value is -5.25. The van der Waals surface area contributed by atoms with Crippen molar-refractivity contribution in [1.29, 1.82) is 0 Å². The Balaban J connectivity index is 1.23. The normalized spacial score (nSPS) is 24.5. The average molecular weight is 803 g/mol. The first-order valence-corrected chi connectivity index (χ1v) is 19.5. The molecule has 3 aliphatic heterocycles. The Kier molecular flexibility index (Phi) is 12.6. The van der Waals surface area contributed by atoms with Crippen LogP contribution in [0.15, 0.2) is 121 Å². The summed E-state index contributed by atoms with van der Waals surface area (Å²) in [5.74, 6) is -3.55. The molecule has 0 amide bonds. The molecule has 0 N–H and O–H groups in total. The summed E-state index contributed by atoms with van der Waals surface area (Å²) in [7, 11) is -4.59. The minimum Gasteiger partial charge on any atom is -0.454 e. The molecule has 4 aliphatic rings. The monoisotopic (exact) mass is 802 g/mol. The van der Waals surface area contributed by atoms with Crippen molar-refractivity contribution in [3.8, 4) is 0 Å². The molecule has 0 radical (unpaired) electrons. The van der Waals surface area contributed by atoms with Crippen LogP contribution >= 0.6 is 7.82 Å². The molecule has 3 saturated heterocycles. The summed E-state index contributed by atoms with van der Waals surface area (Å²) in [4.78, 5) is 52.3. The van der Waals surface area contributed by atoms with Crippen molar-refractivity contribution in [2.24, 2.45) is 0 Å². The SMILES string of the molecule is CC(=O)O[C@H](C(=O)O[C@@H]1C2OC3O[C@@H]1C(OP(=O)(OCc1ccccc1)OCc1ccccc1)[C@H](O3)[C@@H]2OC(=O)[C@@H](OC(C)=O)c1ccccc1)c1ccccc1. The first kappa shape index (κ1) is 40.0. The van der Waals surface area contributed by atoms with E-state index in [1.165, 1.54) is 0 Å². The number of carbonyl (C=O) groups is 4. The number of phosphoric ester groups is 1. The largest absolute Gasteiger partial charge is 0.475 e. The van der Waals surface area contributed by atoms with Gasteiger partial charge in [-0.1, -0.05) is 121 Å². The maximum Gasteiger partial charge on any atom is 0.475 e. The molecule has 9 atom stereocenters. The molecule has 298 valence electrons. The number of benzene rings is 4. The minimum atomic E-state index is -4.59. The molecule has 8 rings (SSSR count). The molecular weight excluding hydrogens is 763 g/mol. The lowest BCUT2D eigenvalue weighted by Gasteiger charge is -2.57. The van der Waals surface area contributed by atoms with E-state index in [0.717, 1.165) is 13.8 Å². The van der Waals surface area contributed by atoms with Crippen LogP contribution in [0.1, 0.15) is 48.3 Å². The first-order chi connectivity index (χ1) is 27.6. The molecule has 0 spiro atoms. The zero-order valence-corrected chi connectivity index (χ0v) is 31.6. The van der Waals surface area contributed by atoms with E-state index in [1.54, 1.807) is 109 Å². The maximum absolute atomic E-state index is 14.7. The van der Waals surface area contributed by atoms with Gasteiger partial charge in [-0.3, -0.25) is 23.2 Å². The highest BCUT2D eigenvalue weighted by Crippen LogP contribution is 2.56. The smallest absolute Gasteiger partial charge is 0.454 e. The Bertz CT molecular complexity index is 1910. The van der Waals surface area contributed by atoms with Crippen LogP contribution in [-0.4, -0.2) is 67.0 Å². The highest BCUT2D eigenvalue weighted by atomic mass is 31.2. The van der Waals surface area contributed by atoms with Crippen LogP contribution in [-0.2, 0) is 83.7 Å². The molecule has 1 saturated carbocycles. The molecule has 15 nitrogen and oxygen atoms in total. The third-order valence-corrected chi connectivity index (χ3v) is 10.6. The fourth-order valence-corrected chi connectivity index (χ4v) is 7.99. The second-order valence-corrected chi connectivity index (χ2v) is 14.9. The number of carbonyl (C=O) groups excluding carboxylic acids is 4. The zero-order chi connectivity index (χ0) is 39.9. The number of hydrogen-bond donors (Lipinski definition) is 0. The van der Waals surface area contributed by atoms with Gasteiger partial charge >= 0.3 is 31.7 Å². The van der Waals surface area contributed by atoms with Gasteiger partial charge in [-0.15, -0.1) is 0 Å². The molecule has 4 fully saturated rings. The molecule has 4 bridgehead atoms. The van der Waals surface area contributed by atoms with Crippen LogP contribution in [0.5, 0.6) is 0 Å². The van der Waals surface area contributed by atoms with Crippen molar-refractivity contribution < 1.29 is 70.5 Å². The standard InChI is InChI=1S/C41H39O15P/c1-25(42)49-31(29-19-11-5-12-20-29)39(44)51-33-35-34(52-40(45)32(50-26(2)43)30-21-13-6-14-22-30)37-38(36(33)54-41(53-35)55-37)56-57(46,47-23-27-15-7-3-8-16-27)48-24-28-17-9-4-10-18-28/h3-22,31-38,41H,23-24H2,1-2H3/t31-,32-,33+,34+,35?,36-,37+,38?,41?/m0/s1. The Labute approximate surface area is 327 Å². The van der Waals surface area contributed by atoms with Crippen LogP contribution in [0.25, 0.3) is 0 Å². The summed E-state index contributed by atoms with van der Waals surface area (Å²) in [5.41, 5.74) is 1.93. The van der Waals surface area contributed by atoms with Crippen molar-refractivity contribution in [3.63, 3.8) is 0 Å². The summed E-state index contributed by atoms with van der Waals surface area (Å²) < 4.78 is 73.6. The van der Waals surface area contributed by atoms with E-state index in [4.69, 9.17) is 46.7 Å². The molecule has 4 aromatic rings. The Morgan fingerprint density at radius 2 is 0.895 bits per heavy atom. The summed E-state index contributed by atoms with van der Waals surface area (Å²) in [6, 6.07) is 34.1. The van der Waals surface area contributed by atoms with E-state index < -0.39 is 87.0 Å². The van der Waals surface area contributed by atoms with Gasteiger partial charge in [-0.25, -0.2) is 14.2 Å². The van der Waals surface area contributed by atoms with E-state index in [9.17, 15) is 23.7 Å². The molecule has 0 aromatic heterocycles. The summed E-state index contributed by atoms with van der Waals surface area (Å²) in [6.07, 6.45) is -11.2. The molecular formula is C41H39O15P. The second-order valence-electron chi connectivity index (χ2n) is 13.2. The van der Waals surface area contributed by atoms with Crippen LogP contribution in [0.4, 0.5) is 0 Å². The van der Waals surface area contributed by atoms with Gasteiger partial charge in [0, 0.05) is 25.0 Å². The van der Waals surface area contributed by atoms with Crippen molar-refractivity contribution in [1.82, 2.24) is 0 Å². The number of hydrogen-bond acceptors (Lipinski definition) is 15. The molecule has 57 heavy (non-hydrogen) atoms. The van der Waals surface area contributed by atoms with Gasteiger partial charge in [0.2, 0.25) is 12.2 Å². The van der Waals surface area contributed by atoms with Gasteiger partial charge in [-0.2, -0.15) is 0 Å². The van der Waals surface area contributed by atoms with Gasteiger partial charge in [0.25, 0.3) is 6.48 Å². The van der Waals surface area contributed by atoms with Crippen LogP contribution < -0.4 is 0 Å². The quantitative estimate of drug-likeness (QED) is 0.0751. The molecule has 16 heteroatoms. The van der Waals surface area contributed by atoms with E-state index in [0.29, 0.717) is 22.3 Å². The van der Waals surface area contributed by atoms with Crippen molar-refractivity contribution in [3.05, 3.63) is 144 Å². The van der Waals surface area contributed by atoms with Gasteiger partial charge in [0.1, 0.15) is 24.4 Å². The molecule has 1 aliphatic carbocycles. The topological polar surface area (TPSA) is 178 Å². The van der Waals surface area contributed by atoms with Crippen molar-refractivity contribution >= 4 is 31.7 Å². The third kappa shape index (κ3) is 9.66. The highest BCUT2D eigenvalue weighted by Gasteiger charge is 2.67. The van der Waals surface area contributed by atoms with Gasteiger partial charge in [-0.05, 0) is 11.1 Å². The summed E-state index contributed by atoms with van der Waals surface area (Å²) in [5, 5.41) is 0. The molecule has 3 unspecified atom stereocenters. The van der Waals surface area contributed by atoms with Crippen LogP contribution in [0.3, 0.4) is 0 Å². The van der Waals surface area contributed by atoms with Gasteiger partial charge < -0.3 is 33.2 Å². The number of rotatable bonds is 16. The lowest BCUT2D eigenvalue weighted by molar-refractivity contribution is -0.479. The zero-order valence-electron chi connectivity index (χ0n) is 30.7. The second kappa shape index (κ2) is 17.9. The fraction of sp³-hybridized carbons (Fsp3) is 0.317. The van der Waals surface area contributed by atoms with E-state index in [-0.39, 0.29) is 13.2 Å². The summed E-state index contributed by atoms with van der Waals surface area (Å²) in [6.45, 7) is 0.559. The average Bonchev–Trinajstić information content (AvgIpc) is 3.22. The Morgan fingerprint density at radius 1 is 0.544 bits per heavy atom. The number of ether oxygens (including phenoxy) is 7. The predicted molar refractivity (Wildman–Crippen MR) is 195 cm³/mol. The third-order valence-electron chi connectivity index (χ3n) is 9.17. The van der Waals surface area contributed by atoms with Crippen LogP contribution in [0.2, 0.25) is 0 Å². The van der Waals surface area contributed by atoms with Crippen molar-refractivity contribution in [2.45, 2.75) is 82.4 Å². The number of phosphoric acid groups is 1. The summed E-state index contributed by atoms with van der Waals surface area (Å²) >= 11 is 0. The maximum atomic E-state index is 14.7. The fourth-order valence-electron chi connectivity index (χ4n) is 6.64. The van der Waals surface area contributed by atoms with E-state index >= 15 is 0 Å². The number of esters is 4. The Morgan fingerprint density at radius 3 is 1.26 bits per heavy atom. The lowest BCUT2D eigenvalue weighted by atomic mass is 9.82. The van der Waals surface area contributed by atoms with Crippen molar-refractivity contribution in [2.75, 3.05) is 0 Å². The van der Waals surface area contributed by atoms with Gasteiger partial charge in [0.05, 0.1) is 13.2 Å². The molecule has 4 aromatic carbocycles. The predicted octanol–water partition coefficient (Wildman–Crippen LogP) is 5.83. The van der Waals surface area contributed by atoms with Crippen LogP contribution in [0, 0.1) is 0 Å². The first-order valence-electron chi connectivity index (χ1n) is 18.0. The highest BCUT2D eigenvalue weighted by molar-refractivity contribution is 7.48. The minimum absolute atomic E-state index is 0.190. The lowest BCUT2D eigenvalue weighted by Crippen LogP contribution is -2.76. The van der Waals surface area contributed by atoms with E-state index in [1.807, 2.05) is 12.1 Å².